The minimum absolute atomic E-state index is 0.0251. The highest BCUT2D eigenvalue weighted by molar-refractivity contribution is 6.33. The minimum atomic E-state index is -0.965. The number of hydrogen-bond donors (Lipinski definition) is 2. The molecule has 0 bridgehead atoms. The van der Waals surface area contributed by atoms with Gasteiger partial charge >= 0.3 is 12.1 Å². The lowest BCUT2D eigenvalue weighted by atomic mass is 9.99. The zero-order valence-corrected chi connectivity index (χ0v) is 27.6. The lowest BCUT2D eigenvalue weighted by molar-refractivity contribution is -0.142. The van der Waals surface area contributed by atoms with Crippen molar-refractivity contribution in [2.75, 3.05) is 56.9 Å². The predicted molar refractivity (Wildman–Crippen MR) is 180 cm³/mol. The normalized spacial score (nSPS) is 20.7. The molecule has 46 heavy (non-hydrogen) atoms. The zero-order valence-electron chi connectivity index (χ0n) is 26.9. The van der Waals surface area contributed by atoms with Gasteiger partial charge in [0, 0.05) is 56.9 Å². The lowest BCUT2D eigenvalue weighted by Gasteiger charge is -2.39. The summed E-state index contributed by atoms with van der Waals surface area (Å²) in [6.45, 7) is 7.15. The summed E-state index contributed by atoms with van der Waals surface area (Å²) in [6, 6.07) is 12.1. The van der Waals surface area contributed by atoms with Crippen molar-refractivity contribution in [1.29, 1.82) is 0 Å². The van der Waals surface area contributed by atoms with Crippen LogP contribution in [0, 0.1) is 0 Å². The predicted octanol–water partition coefficient (Wildman–Crippen LogP) is 5.17. The number of halogens is 1. The number of piperidine rings is 2. The Morgan fingerprint density at radius 2 is 1.63 bits per heavy atom. The summed E-state index contributed by atoms with van der Waals surface area (Å²) in [4.78, 5) is 48.6. The minimum Gasteiger partial charge on any atom is -0.436 e. The number of carbonyl (C=O) groups excluding carboxylic acids is 3. The van der Waals surface area contributed by atoms with Crippen LogP contribution in [-0.4, -0.2) is 102 Å². The summed E-state index contributed by atoms with van der Waals surface area (Å²) in [7, 11) is 0. The number of nitrogens with two attached hydrogens (primary N) is 1. The number of anilines is 2. The molecule has 0 saturated carbocycles. The largest absolute Gasteiger partial charge is 0.436 e. The van der Waals surface area contributed by atoms with Crippen molar-refractivity contribution < 1.29 is 19.1 Å². The lowest BCUT2D eigenvalue weighted by Crippen LogP contribution is -2.52. The molecule has 4 aliphatic rings. The van der Waals surface area contributed by atoms with Crippen molar-refractivity contribution in [3.63, 3.8) is 0 Å². The number of ether oxygens (including phenoxy) is 1. The molecule has 6 rings (SSSR count). The second-order valence-corrected chi connectivity index (χ2v) is 13.5. The standard InChI is InChI=1S/C35H47ClN6O4/c1-2-25-21-24(22-29(36)32(25)37)23-31(33(43)40-16-10-27(11-17-40)39-14-5-6-15-39)46-35(45)41-18-12-28(13-19-41)42-20-9-26-7-3-4-8-30(26)38-34(42)44/h3-4,7-8,21-22,27-28,31H,2,5-6,9-20,23,37H2,1H3,(H,38,44)/t31-/m1/s1. The molecule has 4 aliphatic heterocycles. The number of amides is 4. The van der Waals surface area contributed by atoms with Crippen LogP contribution in [0.3, 0.4) is 0 Å². The number of rotatable bonds is 7. The quantitative estimate of drug-likeness (QED) is 0.400. The van der Waals surface area contributed by atoms with Crippen LogP contribution in [0.5, 0.6) is 0 Å². The summed E-state index contributed by atoms with van der Waals surface area (Å²) in [5.74, 6) is -0.157. The fourth-order valence-electron chi connectivity index (χ4n) is 7.60. The molecule has 10 nitrogen and oxygen atoms in total. The van der Waals surface area contributed by atoms with E-state index in [4.69, 9.17) is 22.1 Å². The van der Waals surface area contributed by atoms with Gasteiger partial charge in [-0.3, -0.25) is 4.79 Å². The first-order valence-electron chi connectivity index (χ1n) is 17.0. The van der Waals surface area contributed by atoms with Crippen molar-refractivity contribution in [2.45, 2.75) is 82.9 Å². The third-order valence-electron chi connectivity index (χ3n) is 10.3. The number of nitrogens with zero attached hydrogens (tertiary/aromatic N) is 4. The van der Waals surface area contributed by atoms with Gasteiger partial charge in [-0.05, 0) is 93.3 Å². The number of carbonyl (C=O) groups is 3. The fraction of sp³-hybridized carbons (Fsp3) is 0.571. The van der Waals surface area contributed by atoms with E-state index in [1.807, 2.05) is 47.1 Å². The van der Waals surface area contributed by atoms with Gasteiger partial charge in [0.05, 0.1) is 10.7 Å². The second kappa shape index (κ2) is 14.5. The smallest absolute Gasteiger partial charge is 0.410 e. The number of hydrogen-bond acceptors (Lipinski definition) is 6. The maximum Gasteiger partial charge on any atom is 0.410 e. The Hall–Kier alpha value is -3.50. The maximum atomic E-state index is 14.0. The van der Waals surface area contributed by atoms with E-state index in [1.165, 1.54) is 12.8 Å². The van der Waals surface area contributed by atoms with Crippen LogP contribution in [0.25, 0.3) is 0 Å². The molecule has 3 saturated heterocycles. The van der Waals surface area contributed by atoms with Crippen molar-refractivity contribution in [2.24, 2.45) is 0 Å². The Bertz CT molecular complexity index is 1420. The van der Waals surface area contributed by atoms with Crippen molar-refractivity contribution in [1.82, 2.24) is 19.6 Å². The third kappa shape index (κ3) is 7.23. The molecule has 2 aromatic rings. The molecule has 2 aromatic carbocycles. The number of nitrogen functional groups attached to an aromatic ring is 1. The Morgan fingerprint density at radius 3 is 2.35 bits per heavy atom. The van der Waals surface area contributed by atoms with E-state index in [9.17, 15) is 14.4 Å². The second-order valence-electron chi connectivity index (χ2n) is 13.1. The van der Waals surface area contributed by atoms with Crippen LogP contribution >= 0.6 is 11.6 Å². The zero-order chi connectivity index (χ0) is 32.2. The maximum absolute atomic E-state index is 14.0. The topological polar surface area (TPSA) is 111 Å². The highest BCUT2D eigenvalue weighted by Crippen LogP contribution is 2.29. The molecule has 0 radical (unpaired) electrons. The van der Waals surface area contributed by atoms with E-state index in [-0.39, 0.29) is 24.4 Å². The van der Waals surface area contributed by atoms with E-state index in [0.29, 0.717) is 68.7 Å². The molecule has 11 heteroatoms. The van der Waals surface area contributed by atoms with Crippen molar-refractivity contribution in [3.8, 4) is 0 Å². The number of urea groups is 1. The number of fused-ring (bicyclic) bond motifs is 1. The number of nitrogens with one attached hydrogen (secondary N) is 1. The van der Waals surface area contributed by atoms with Crippen molar-refractivity contribution in [3.05, 3.63) is 58.1 Å². The SMILES string of the molecule is CCc1cc(C[C@@H](OC(=O)N2CCC(N3CCc4ccccc4NC3=O)CC2)C(=O)N2CCC(N3CCCC3)CC2)cc(Cl)c1N. The average Bonchev–Trinajstić information content (AvgIpc) is 3.56. The summed E-state index contributed by atoms with van der Waals surface area (Å²) >= 11 is 6.47. The summed E-state index contributed by atoms with van der Waals surface area (Å²) in [6.07, 6.45) is 5.92. The van der Waals surface area contributed by atoms with E-state index < -0.39 is 12.2 Å². The van der Waals surface area contributed by atoms with Gasteiger partial charge in [-0.2, -0.15) is 0 Å². The summed E-state index contributed by atoms with van der Waals surface area (Å²) in [5.41, 5.74) is 10.5. The fourth-order valence-corrected chi connectivity index (χ4v) is 7.86. The molecule has 248 valence electrons. The molecular formula is C35H47ClN6O4. The first kappa shape index (κ1) is 32.4. The van der Waals surface area contributed by atoms with Gasteiger partial charge in [0.1, 0.15) is 0 Å². The van der Waals surface area contributed by atoms with Gasteiger partial charge in [0.2, 0.25) is 0 Å². The van der Waals surface area contributed by atoms with Gasteiger partial charge in [-0.15, -0.1) is 0 Å². The van der Waals surface area contributed by atoms with Crippen LogP contribution in [0.15, 0.2) is 36.4 Å². The molecule has 0 aromatic heterocycles. The van der Waals surface area contributed by atoms with E-state index in [0.717, 1.165) is 54.7 Å². The highest BCUT2D eigenvalue weighted by atomic mass is 35.5. The number of aryl methyl sites for hydroxylation is 1. The Balaban J connectivity index is 1.10. The summed E-state index contributed by atoms with van der Waals surface area (Å²) in [5, 5.41) is 3.50. The van der Waals surface area contributed by atoms with E-state index in [2.05, 4.69) is 10.2 Å². The molecule has 0 unspecified atom stereocenters. The third-order valence-corrected chi connectivity index (χ3v) is 10.6. The molecule has 4 amide bonds. The molecular weight excluding hydrogens is 604 g/mol. The molecule has 0 spiro atoms. The van der Waals surface area contributed by atoms with Crippen LogP contribution in [0.4, 0.5) is 21.0 Å². The molecule has 0 aliphatic carbocycles. The van der Waals surface area contributed by atoms with Crippen molar-refractivity contribution >= 4 is 41.0 Å². The summed E-state index contributed by atoms with van der Waals surface area (Å²) < 4.78 is 6.06. The Morgan fingerprint density at radius 1 is 0.957 bits per heavy atom. The Labute approximate surface area is 277 Å². The first-order chi connectivity index (χ1) is 22.3. The van der Waals surface area contributed by atoms with Gasteiger partial charge in [0.15, 0.2) is 6.10 Å². The first-order valence-corrected chi connectivity index (χ1v) is 17.4. The molecule has 3 fully saturated rings. The van der Waals surface area contributed by atoms with Crippen LogP contribution in [0.1, 0.15) is 62.1 Å². The van der Waals surface area contributed by atoms with Gasteiger partial charge in [-0.1, -0.05) is 42.8 Å². The average molecular weight is 651 g/mol. The van der Waals surface area contributed by atoms with E-state index in [1.54, 1.807) is 11.0 Å². The van der Waals surface area contributed by atoms with E-state index >= 15 is 0 Å². The van der Waals surface area contributed by atoms with Gasteiger partial charge < -0.3 is 35.4 Å². The van der Waals surface area contributed by atoms with Gasteiger partial charge in [0.25, 0.3) is 5.91 Å². The van der Waals surface area contributed by atoms with Crippen LogP contribution in [0.2, 0.25) is 5.02 Å². The Kier molecular flexibility index (Phi) is 10.2. The number of para-hydroxylation sites is 1. The monoisotopic (exact) mass is 650 g/mol. The number of benzene rings is 2. The van der Waals surface area contributed by atoms with Crippen LogP contribution < -0.4 is 11.1 Å². The molecule has 4 heterocycles. The van der Waals surface area contributed by atoms with Crippen LogP contribution in [-0.2, 0) is 28.8 Å². The number of likely N-dealkylation sites (tertiary alicyclic amines) is 3. The molecule has 1 atom stereocenters. The van der Waals surface area contributed by atoms with Gasteiger partial charge in [-0.25, -0.2) is 9.59 Å². The highest BCUT2D eigenvalue weighted by Gasteiger charge is 2.36. The molecule has 3 N–H and O–H groups in total.